The molecule has 2 aliphatic carbocycles. The summed E-state index contributed by atoms with van der Waals surface area (Å²) in [7, 11) is -29.8. The molecule has 0 fully saturated rings. The molecule has 0 atom stereocenters. The molecule has 34 heteroatoms. The maximum atomic E-state index is 13.2. The number of anilines is 1. The Kier molecular flexibility index (Phi) is 16.2. The Morgan fingerprint density at radius 3 is 1.32 bits per heavy atom. The van der Waals surface area contributed by atoms with Crippen molar-refractivity contribution in [1.82, 2.24) is 0 Å². The van der Waals surface area contributed by atoms with Crippen LogP contribution in [-0.2, 0) is 60.7 Å². The van der Waals surface area contributed by atoms with E-state index in [1.807, 2.05) is 0 Å². The average molecular weight is 1240 g/mol. The van der Waals surface area contributed by atoms with Crippen LogP contribution in [0.1, 0.15) is 11.1 Å². The zero-order valence-electron chi connectivity index (χ0n) is 41.3. The molecule has 0 aliphatic heterocycles. The second-order valence-corrected chi connectivity index (χ2v) is 25.6. The highest BCUT2D eigenvalue weighted by atomic mass is 32.2. The van der Waals surface area contributed by atoms with Gasteiger partial charge in [-0.3, -0.25) is 27.3 Å². The molecule has 6 N–H and O–H groups in total. The molecule has 2 aliphatic rings. The third-order valence-electron chi connectivity index (χ3n) is 11.7. The fraction of sp³-hybridized carbons (Fsp3) is 0.0417. The highest BCUT2D eigenvalue weighted by molar-refractivity contribution is 7.90. The van der Waals surface area contributed by atoms with Crippen molar-refractivity contribution in [2.75, 3.05) is 5.17 Å². The van der Waals surface area contributed by atoms with Gasteiger partial charge in [-0.2, -0.15) is 76.1 Å². The molecule has 8 rings (SSSR count). The number of rotatable bonds is 15. The predicted octanol–water partition coefficient (Wildman–Crippen LogP) is 9.09. The van der Waals surface area contributed by atoms with Gasteiger partial charge in [-0.1, -0.05) is 48.6 Å². The van der Waals surface area contributed by atoms with E-state index in [0.29, 0.717) is 0 Å². The number of fused-ring (bicyclic) bond motifs is 2. The first-order valence-electron chi connectivity index (χ1n) is 22.4. The summed E-state index contributed by atoms with van der Waals surface area (Å²) < 4.78 is 207. The van der Waals surface area contributed by atoms with Crippen molar-refractivity contribution in [3.8, 4) is 0 Å². The smallest absolute Gasteiger partial charge is 0.295 e. The monoisotopic (exact) mass is 1240 g/mol. The molecule has 0 unspecified atom stereocenters. The lowest BCUT2D eigenvalue weighted by Gasteiger charge is -2.26. The first kappa shape index (κ1) is 59.8. The standard InChI is InChI=1S/C48H36N8O20S6/c1-27-19-35(15-17-41(27)51-49-33-21-39-37(47(25-33)81(71,72)73)5-3-7-43(39)77(59,60)61)55(57)53-31-13-11-29(45(23-31)79(65,66)67)9-10-30-12-14-32(24-46(30)80(68,69)70)54-56(58)36-16-18-42(28(2)20-36)52-50-34-22-40-38(48(26-34)82(74,75)76)6-4-8-44(40)78(62,63)64/h3-26H,1-2H3,(H,59,60,61)(H,62,63,64)(H,65,66,67)(H,68,69,70)(H,71,72,73)(H,74,75,76). The molecule has 0 heterocycles. The van der Waals surface area contributed by atoms with Gasteiger partial charge in [-0.25, -0.2) is 0 Å². The number of azo groups is 2. The Hall–Kier alpha value is -8.36. The van der Waals surface area contributed by atoms with E-state index in [1.165, 1.54) is 62.4 Å². The predicted molar refractivity (Wildman–Crippen MR) is 296 cm³/mol. The molecule has 6 aromatic carbocycles. The van der Waals surface area contributed by atoms with Gasteiger partial charge in [0.05, 0.1) is 38.5 Å². The highest BCUT2D eigenvalue weighted by Crippen LogP contribution is 2.37. The number of benzene rings is 6. The molecular weight excluding hydrogens is 1200 g/mol. The van der Waals surface area contributed by atoms with Crippen LogP contribution in [-0.4, -0.2) is 94.1 Å². The Morgan fingerprint density at radius 2 is 0.890 bits per heavy atom. The van der Waals surface area contributed by atoms with E-state index in [0.717, 1.165) is 97.1 Å². The Bertz CT molecular complexity index is 4860. The van der Waals surface area contributed by atoms with Crippen LogP contribution in [0.3, 0.4) is 0 Å². The highest BCUT2D eigenvalue weighted by Gasteiger charge is 2.27. The van der Waals surface area contributed by atoms with Crippen molar-refractivity contribution < 1.29 is 82.7 Å². The lowest BCUT2D eigenvalue weighted by atomic mass is 10.0. The SMILES string of the molecule is Cc1cc(N([O-])N=C2C=CC(=CC=C3C=CC(=N[N+](=O)c4ccc(N=Nc5cc(S(=O)(=O)O)c6cccc(S(=O)(=O)O)c6c5)c(C)c4)C=C3S(=O)(=O)O)C(S(=O)(=O)O)=C2)ccc1N=Nc1cc(S(=O)(=O)O)c2cccc(S(=O)(=O)O)c2c1. The quantitative estimate of drug-likeness (QED) is 0.0241. The first-order chi connectivity index (χ1) is 38.1. The Morgan fingerprint density at radius 1 is 0.463 bits per heavy atom. The van der Waals surface area contributed by atoms with E-state index in [9.17, 15) is 87.9 Å². The summed E-state index contributed by atoms with van der Waals surface area (Å²) in [5.74, 6) is 0. The fourth-order valence-electron chi connectivity index (χ4n) is 7.97. The number of hydrogen-bond donors (Lipinski definition) is 6. The lowest BCUT2D eigenvalue weighted by Crippen LogP contribution is -2.14. The van der Waals surface area contributed by atoms with E-state index in [1.54, 1.807) is 0 Å². The number of hydrazone groups is 2. The number of nitroso groups, excluding NO2 is 1. The molecular formula is C48H36N8O20S6. The average Bonchev–Trinajstić information content (AvgIpc) is 2.14. The molecule has 424 valence electrons. The zero-order chi connectivity index (χ0) is 60.1. The third-order valence-corrected chi connectivity index (χ3v) is 17.1. The lowest BCUT2D eigenvalue weighted by molar-refractivity contribution is -0.467. The first-order valence-corrected chi connectivity index (χ1v) is 31.1. The van der Waals surface area contributed by atoms with Gasteiger partial charge in [0.1, 0.15) is 35.1 Å². The van der Waals surface area contributed by atoms with Crippen molar-refractivity contribution >= 4 is 128 Å². The number of aryl methyl sites for hydroxylation is 2. The molecule has 0 radical (unpaired) electrons. The number of nitrogens with zero attached hydrogens (tertiary/aromatic N) is 8. The molecule has 0 saturated heterocycles. The summed E-state index contributed by atoms with van der Waals surface area (Å²) in [6.45, 7) is 2.97. The summed E-state index contributed by atoms with van der Waals surface area (Å²) in [6, 6.07) is 18.3. The van der Waals surface area contributed by atoms with Crippen LogP contribution in [0.15, 0.2) is 217 Å². The fourth-order valence-corrected chi connectivity index (χ4v) is 12.2. The maximum Gasteiger partial charge on any atom is 0.295 e. The second-order valence-electron chi connectivity index (χ2n) is 17.3. The number of allylic oxidation sites excluding steroid dienone is 10. The van der Waals surface area contributed by atoms with E-state index >= 15 is 0 Å². The number of hydrogen-bond acceptors (Lipinski definition) is 20. The summed E-state index contributed by atoms with van der Waals surface area (Å²) in [5, 5.41) is 35.9. The van der Waals surface area contributed by atoms with Gasteiger partial charge in [0.15, 0.2) is 4.87 Å². The van der Waals surface area contributed by atoms with Crippen molar-refractivity contribution in [2.45, 2.75) is 33.4 Å². The summed E-state index contributed by atoms with van der Waals surface area (Å²) in [6.07, 6.45) is 8.25. The van der Waals surface area contributed by atoms with Crippen LogP contribution in [0.2, 0.25) is 0 Å². The summed E-state index contributed by atoms with van der Waals surface area (Å²) in [4.78, 5) is 8.89. The van der Waals surface area contributed by atoms with Gasteiger partial charge in [0.2, 0.25) is 0 Å². The zero-order valence-corrected chi connectivity index (χ0v) is 46.2. The topological polar surface area (TPSA) is 447 Å². The van der Waals surface area contributed by atoms with Gasteiger partial charge in [0, 0.05) is 39.4 Å². The summed E-state index contributed by atoms with van der Waals surface area (Å²) >= 11 is 0. The third kappa shape index (κ3) is 13.5. The van der Waals surface area contributed by atoms with Gasteiger partial charge < -0.3 is 10.4 Å². The van der Waals surface area contributed by atoms with Crippen LogP contribution in [0.4, 0.5) is 34.1 Å². The molecule has 82 heavy (non-hydrogen) atoms. The molecule has 0 amide bonds. The van der Waals surface area contributed by atoms with Crippen molar-refractivity contribution in [3.05, 3.63) is 188 Å². The molecule has 0 saturated carbocycles. The molecule has 0 bridgehead atoms. The van der Waals surface area contributed by atoms with Crippen LogP contribution < -0.4 is 5.17 Å². The maximum absolute atomic E-state index is 13.2. The van der Waals surface area contributed by atoms with Crippen molar-refractivity contribution in [1.29, 1.82) is 0 Å². The normalized spacial score (nSPS) is 16.8. The molecule has 0 spiro atoms. The van der Waals surface area contributed by atoms with Crippen LogP contribution in [0.25, 0.3) is 21.5 Å². The van der Waals surface area contributed by atoms with E-state index < -0.39 is 90.1 Å². The van der Waals surface area contributed by atoms with E-state index in [-0.39, 0.29) is 99.4 Å². The van der Waals surface area contributed by atoms with Crippen molar-refractivity contribution in [2.24, 2.45) is 30.7 Å². The molecule has 0 aromatic heterocycles. The minimum absolute atomic E-state index is 0.0825. The van der Waals surface area contributed by atoms with Gasteiger partial charge in [-0.05, 0) is 121 Å². The Labute approximate surface area is 464 Å². The van der Waals surface area contributed by atoms with Gasteiger partial charge in [-0.15, -0.1) is 0 Å². The van der Waals surface area contributed by atoms with Crippen LogP contribution >= 0.6 is 0 Å². The molecule has 28 nitrogen and oxygen atoms in total. The van der Waals surface area contributed by atoms with Crippen molar-refractivity contribution in [3.63, 3.8) is 0 Å². The largest absolute Gasteiger partial charge is 0.737 e. The Balaban J connectivity index is 0.997. The molecule has 6 aromatic rings. The minimum atomic E-state index is -5.09. The minimum Gasteiger partial charge on any atom is -0.737 e. The van der Waals surface area contributed by atoms with Crippen LogP contribution in [0.5, 0.6) is 0 Å². The van der Waals surface area contributed by atoms with Gasteiger partial charge >= 0.3 is 0 Å². The second kappa shape index (κ2) is 22.2. The van der Waals surface area contributed by atoms with Crippen LogP contribution in [0, 0.1) is 24.0 Å². The van der Waals surface area contributed by atoms with Gasteiger partial charge in [0.25, 0.3) is 66.4 Å². The van der Waals surface area contributed by atoms with E-state index in [4.69, 9.17) is 0 Å². The summed E-state index contributed by atoms with van der Waals surface area (Å²) in [5.41, 5.74) is -1.21. The van der Waals surface area contributed by atoms with E-state index in [2.05, 4.69) is 30.7 Å².